The van der Waals surface area contributed by atoms with E-state index in [4.69, 9.17) is 0 Å². The monoisotopic (exact) mass is 347 g/mol. The summed E-state index contributed by atoms with van der Waals surface area (Å²) in [4.78, 5) is 26.4. The molecule has 1 atom stereocenters. The highest BCUT2D eigenvalue weighted by molar-refractivity contribution is 5.88. The highest BCUT2D eigenvalue weighted by atomic mass is 16.2. The second kappa shape index (κ2) is 8.47. The van der Waals surface area contributed by atoms with Gasteiger partial charge in [0.2, 0.25) is 11.8 Å². The Morgan fingerprint density at radius 2 is 2.12 bits per heavy atom. The lowest BCUT2D eigenvalue weighted by Gasteiger charge is -2.31. The van der Waals surface area contributed by atoms with Crippen LogP contribution in [-0.4, -0.2) is 58.7 Å². The third-order valence-corrected chi connectivity index (χ3v) is 5.27. The lowest BCUT2D eigenvalue weighted by atomic mass is 9.91. The zero-order valence-electron chi connectivity index (χ0n) is 15.0. The van der Waals surface area contributed by atoms with Crippen LogP contribution in [0.1, 0.15) is 50.5 Å². The summed E-state index contributed by atoms with van der Waals surface area (Å²) in [6.45, 7) is 5.90. The molecule has 138 valence electrons. The number of piperidine rings is 1. The van der Waals surface area contributed by atoms with Crippen LogP contribution in [0.25, 0.3) is 0 Å². The molecule has 1 aromatic heterocycles. The first kappa shape index (κ1) is 17.9. The van der Waals surface area contributed by atoms with Crippen LogP contribution in [0.3, 0.4) is 0 Å². The Balaban J connectivity index is 1.43. The van der Waals surface area contributed by atoms with Gasteiger partial charge in [-0.2, -0.15) is 5.10 Å². The Hall–Kier alpha value is -1.89. The molecule has 2 aliphatic rings. The fourth-order valence-electron chi connectivity index (χ4n) is 3.71. The summed E-state index contributed by atoms with van der Waals surface area (Å²) in [5.74, 6) is 0.448. The van der Waals surface area contributed by atoms with E-state index < -0.39 is 0 Å². The summed E-state index contributed by atoms with van der Waals surface area (Å²) >= 11 is 0. The van der Waals surface area contributed by atoms with Crippen molar-refractivity contribution in [3.8, 4) is 0 Å². The normalized spacial score (nSPS) is 23.1. The van der Waals surface area contributed by atoms with Crippen LogP contribution >= 0.6 is 0 Å². The third-order valence-electron chi connectivity index (χ3n) is 5.27. The molecule has 1 aromatic rings. The number of carbonyl (C=O) groups excluding carboxylic acids is 2. The number of carbonyl (C=O) groups is 2. The Kier molecular flexibility index (Phi) is 6.07. The number of nitrogens with one attached hydrogen (secondary N) is 2. The van der Waals surface area contributed by atoms with Crippen LogP contribution in [0.4, 0.5) is 0 Å². The molecule has 0 spiro atoms. The van der Waals surface area contributed by atoms with Crippen molar-refractivity contribution in [2.24, 2.45) is 0 Å². The van der Waals surface area contributed by atoms with Crippen molar-refractivity contribution in [1.82, 2.24) is 25.3 Å². The molecule has 25 heavy (non-hydrogen) atoms. The molecule has 0 unspecified atom stereocenters. The smallest absolute Gasteiger partial charge is 0.242 e. The predicted molar refractivity (Wildman–Crippen MR) is 95.1 cm³/mol. The first-order chi connectivity index (χ1) is 12.2. The fraction of sp³-hybridized carbons (Fsp3) is 0.722. The summed E-state index contributed by atoms with van der Waals surface area (Å²) < 4.78 is 1.97. The van der Waals surface area contributed by atoms with Crippen molar-refractivity contribution in [3.05, 3.63) is 18.0 Å². The van der Waals surface area contributed by atoms with E-state index in [2.05, 4.69) is 33.8 Å². The minimum Gasteiger partial charge on any atom is -0.354 e. The molecule has 0 aliphatic carbocycles. The molecular weight excluding hydrogens is 318 g/mol. The van der Waals surface area contributed by atoms with Crippen LogP contribution < -0.4 is 10.6 Å². The molecule has 0 bridgehead atoms. The molecule has 2 saturated heterocycles. The van der Waals surface area contributed by atoms with Crippen molar-refractivity contribution in [2.75, 3.05) is 26.2 Å². The molecule has 0 radical (unpaired) electrons. The quantitative estimate of drug-likeness (QED) is 0.828. The Morgan fingerprint density at radius 1 is 1.32 bits per heavy atom. The largest absolute Gasteiger partial charge is 0.354 e. The molecule has 0 aromatic carbocycles. The summed E-state index contributed by atoms with van der Waals surface area (Å²) in [7, 11) is 0. The highest BCUT2D eigenvalue weighted by Crippen LogP contribution is 2.27. The molecule has 7 nitrogen and oxygen atoms in total. The zero-order chi connectivity index (χ0) is 17.6. The van der Waals surface area contributed by atoms with E-state index in [1.165, 1.54) is 5.56 Å². The van der Waals surface area contributed by atoms with Gasteiger partial charge in [0, 0.05) is 19.3 Å². The summed E-state index contributed by atoms with van der Waals surface area (Å²) in [6, 6.07) is -0.368. The topological polar surface area (TPSA) is 79.3 Å². The number of aryl methyl sites for hydroxylation is 1. The molecular formula is C18H29N5O2. The van der Waals surface area contributed by atoms with E-state index >= 15 is 0 Å². The van der Waals surface area contributed by atoms with E-state index in [1.807, 2.05) is 10.9 Å². The number of nitrogens with zero attached hydrogens (tertiary/aromatic N) is 3. The average molecular weight is 347 g/mol. The first-order valence-electron chi connectivity index (χ1n) is 9.47. The van der Waals surface area contributed by atoms with Gasteiger partial charge in [0.05, 0.1) is 12.7 Å². The summed E-state index contributed by atoms with van der Waals surface area (Å²) in [5.41, 5.74) is 1.31. The number of hydrogen-bond acceptors (Lipinski definition) is 4. The van der Waals surface area contributed by atoms with Gasteiger partial charge in [0.15, 0.2) is 0 Å². The van der Waals surface area contributed by atoms with Crippen molar-refractivity contribution in [2.45, 2.75) is 57.5 Å². The summed E-state index contributed by atoms with van der Waals surface area (Å²) in [6.07, 6.45) is 8.90. The number of likely N-dealkylation sites (tertiary alicyclic amines) is 1. The van der Waals surface area contributed by atoms with Crippen LogP contribution in [0.2, 0.25) is 0 Å². The molecule has 2 N–H and O–H groups in total. The van der Waals surface area contributed by atoms with E-state index in [0.717, 1.165) is 51.7 Å². The predicted octanol–water partition coefficient (Wildman–Crippen LogP) is 0.867. The molecule has 2 aliphatic heterocycles. The van der Waals surface area contributed by atoms with Crippen molar-refractivity contribution in [3.63, 3.8) is 0 Å². The molecule has 3 heterocycles. The maximum atomic E-state index is 12.3. The highest BCUT2D eigenvalue weighted by Gasteiger charge is 2.26. The van der Waals surface area contributed by atoms with Gasteiger partial charge in [-0.15, -0.1) is 0 Å². The number of aromatic nitrogens is 2. The molecule has 2 fully saturated rings. The third kappa shape index (κ3) is 4.81. The molecule has 7 heteroatoms. The zero-order valence-corrected chi connectivity index (χ0v) is 15.0. The minimum absolute atomic E-state index is 0.0423. The Labute approximate surface area is 149 Å². The maximum absolute atomic E-state index is 12.3. The van der Waals surface area contributed by atoms with Gasteiger partial charge in [-0.3, -0.25) is 19.2 Å². The minimum atomic E-state index is -0.368. The van der Waals surface area contributed by atoms with Crippen LogP contribution in [0.5, 0.6) is 0 Å². The maximum Gasteiger partial charge on any atom is 0.242 e. The Bertz CT molecular complexity index is 592. The summed E-state index contributed by atoms with van der Waals surface area (Å²) in [5, 5.41) is 10.1. The van der Waals surface area contributed by atoms with Gasteiger partial charge in [-0.1, -0.05) is 0 Å². The van der Waals surface area contributed by atoms with E-state index in [-0.39, 0.29) is 17.9 Å². The molecule has 3 rings (SSSR count). The van der Waals surface area contributed by atoms with Crippen molar-refractivity contribution >= 4 is 11.8 Å². The van der Waals surface area contributed by atoms with E-state index in [1.54, 1.807) is 0 Å². The van der Waals surface area contributed by atoms with Crippen LogP contribution in [0.15, 0.2) is 12.4 Å². The van der Waals surface area contributed by atoms with Gasteiger partial charge in [-0.25, -0.2) is 0 Å². The number of amides is 2. The first-order valence-corrected chi connectivity index (χ1v) is 9.47. The Morgan fingerprint density at radius 3 is 2.84 bits per heavy atom. The van der Waals surface area contributed by atoms with Crippen LogP contribution in [-0.2, 0) is 16.1 Å². The van der Waals surface area contributed by atoms with Gasteiger partial charge < -0.3 is 10.6 Å². The van der Waals surface area contributed by atoms with Gasteiger partial charge in [0.25, 0.3) is 0 Å². The fourth-order valence-corrected chi connectivity index (χ4v) is 3.71. The lowest BCUT2D eigenvalue weighted by molar-refractivity contribution is -0.129. The molecule has 0 saturated carbocycles. The van der Waals surface area contributed by atoms with E-state index in [9.17, 15) is 9.59 Å². The van der Waals surface area contributed by atoms with Gasteiger partial charge in [0.1, 0.15) is 6.04 Å². The number of rotatable bonds is 5. The number of hydrogen-bond donors (Lipinski definition) is 2. The van der Waals surface area contributed by atoms with Crippen molar-refractivity contribution < 1.29 is 9.59 Å². The van der Waals surface area contributed by atoms with Gasteiger partial charge >= 0.3 is 0 Å². The lowest BCUT2D eigenvalue weighted by Crippen LogP contribution is -2.49. The second-order valence-electron chi connectivity index (χ2n) is 7.09. The van der Waals surface area contributed by atoms with Crippen molar-refractivity contribution in [1.29, 1.82) is 0 Å². The SMILES string of the molecule is CCn1cc(C2CCN(CC(=O)N[C@H]3CCCCNC3=O)CC2)cn1. The van der Waals surface area contributed by atoms with E-state index in [0.29, 0.717) is 19.0 Å². The average Bonchev–Trinajstić information content (AvgIpc) is 3.01. The standard InChI is InChI=1S/C18H29N5O2/c1-2-23-12-15(11-20-23)14-6-9-22(10-7-14)13-17(24)21-16-5-3-4-8-19-18(16)25/h11-12,14,16H,2-10,13H2,1H3,(H,19,25)(H,21,24)/t16-/m0/s1. The molecule has 2 amide bonds. The second-order valence-corrected chi connectivity index (χ2v) is 7.09. The van der Waals surface area contributed by atoms with Gasteiger partial charge in [-0.05, 0) is 63.6 Å². The van der Waals surface area contributed by atoms with Crippen LogP contribution in [0, 0.1) is 0 Å².